The molecule has 0 aromatic rings. The molecule has 0 fully saturated rings. The first-order valence-electron chi connectivity index (χ1n) is 2.79. The van der Waals surface area contributed by atoms with E-state index in [0.717, 1.165) is 0 Å². The Balaban J connectivity index is 5.13. The van der Waals surface area contributed by atoms with Crippen LogP contribution in [0, 0.1) is 0 Å². The average molecular weight is 276 g/mol. The molecule has 0 heterocycles. The van der Waals surface area contributed by atoms with Crippen molar-refractivity contribution in [3.63, 3.8) is 0 Å². The maximum absolute atomic E-state index is 10.6. The van der Waals surface area contributed by atoms with E-state index in [1.54, 1.807) is 0 Å². The van der Waals surface area contributed by atoms with Gasteiger partial charge in [-0.05, 0) is 6.42 Å². The van der Waals surface area contributed by atoms with Gasteiger partial charge in [0.1, 0.15) is 0 Å². The number of hydrogen-bond acceptors (Lipinski definition) is 2. The molecule has 0 atom stereocenters. The van der Waals surface area contributed by atoms with E-state index in [1.807, 2.05) is 0 Å². The zero-order valence-corrected chi connectivity index (χ0v) is 9.73. The van der Waals surface area contributed by atoms with Gasteiger partial charge in [0.15, 0.2) is 4.33 Å². The van der Waals surface area contributed by atoms with E-state index in [0.29, 0.717) is 0 Å². The summed E-state index contributed by atoms with van der Waals surface area (Å²) in [5.41, 5.74) is 0. The predicted octanol–water partition coefficient (Wildman–Crippen LogP) is 2.59. The molecular weight excluding hydrogens is 270 g/mol. The van der Waals surface area contributed by atoms with E-state index in [1.165, 1.54) is 6.92 Å². The quantitative estimate of drug-likeness (QED) is 0.636. The lowest BCUT2D eigenvalue weighted by Gasteiger charge is -2.28. The Morgan fingerprint density at radius 1 is 1.25 bits per heavy atom. The first kappa shape index (κ1) is 13.1. The molecule has 0 unspecified atom stereocenters. The van der Waals surface area contributed by atoms with Gasteiger partial charge in [-0.2, -0.15) is 8.42 Å². The van der Waals surface area contributed by atoms with Gasteiger partial charge in [-0.1, -0.05) is 53.3 Å². The smallest absolute Gasteiger partial charge is 0.283 e. The fourth-order valence-corrected chi connectivity index (χ4v) is 1.77. The topological polar surface area (TPSA) is 54.4 Å². The van der Waals surface area contributed by atoms with Gasteiger partial charge in [0.05, 0.1) is 0 Å². The van der Waals surface area contributed by atoms with Gasteiger partial charge >= 0.3 is 10.1 Å². The number of rotatable bonds is 3. The van der Waals surface area contributed by atoms with Crippen LogP contribution in [0.15, 0.2) is 0 Å². The largest absolute Gasteiger partial charge is 0.302 e. The third-order valence-electron chi connectivity index (χ3n) is 1.19. The Morgan fingerprint density at radius 3 is 1.67 bits per heavy atom. The Hall–Kier alpha value is 1.07. The van der Waals surface area contributed by atoms with Crippen molar-refractivity contribution < 1.29 is 13.0 Å². The summed E-state index contributed by atoms with van der Waals surface area (Å²) in [6.45, 7) is 1.48. The lowest BCUT2D eigenvalue weighted by Crippen LogP contribution is -2.42. The fraction of sp³-hybridized carbons (Fsp3) is 1.00. The highest BCUT2D eigenvalue weighted by Gasteiger charge is 2.55. The summed E-state index contributed by atoms with van der Waals surface area (Å²) in [5.74, 6) is 0. The first-order valence-corrected chi connectivity index (χ1v) is 5.74. The number of halogens is 4. The van der Waals surface area contributed by atoms with E-state index >= 15 is 0 Å². The van der Waals surface area contributed by atoms with Crippen LogP contribution in [0.4, 0.5) is 0 Å². The van der Waals surface area contributed by atoms with Crippen LogP contribution in [0.25, 0.3) is 0 Å². The van der Waals surface area contributed by atoms with Crippen LogP contribution in [0.3, 0.4) is 0 Å². The molecule has 0 saturated carbocycles. The van der Waals surface area contributed by atoms with Gasteiger partial charge in [0, 0.05) is 0 Å². The van der Waals surface area contributed by atoms with Gasteiger partial charge in [0.2, 0.25) is 0 Å². The summed E-state index contributed by atoms with van der Waals surface area (Å²) in [6, 6.07) is 0. The van der Waals surface area contributed by atoms with Crippen LogP contribution in [0.1, 0.15) is 13.3 Å². The second-order valence-corrected chi connectivity index (χ2v) is 6.87. The molecule has 0 aliphatic carbocycles. The monoisotopic (exact) mass is 274 g/mol. The molecule has 0 bridgehead atoms. The molecule has 74 valence electrons. The van der Waals surface area contributed by atoms with Gasteiger partial charge in [-0.15, -0.1) is 0 Å². The zero-order chi connectivity index (χ0) is 10.2. The SMILES string of the molecule is CCC(Cl)(Cl)C(Cl)(Cl)S(=O)(=O)O. The van der Waals surface area contributed by atoms with Crippen molar-refractivity contribution in [1.29, 1.82) is 0 Å². The number of hydrogen-bond donors (Lipinski definition) is 1. The van der Waals surface area contributed by atoms with Crippen molar-refractivity contribution in [3.8, 4) is 0 Å². The van der Waals surface area contributed by atoms with Crippen LogP contribution in [-0.4, -0.2) is 21.0 Å². The number of alkyl halides is 4. The molecule has 0 radical (unpaired) electrons. The molecule has 0 aromatic heterocycles. The molecule has 0 spiro atoms. The maximum Gasteiger partial charge on any atom is 0.302 e. The highest BCUT2D eigenvalue weighted by Crippen LogP contribution is 2.47. The molecule has 0 amide bonds. The Labute approximate surface area is 90.7 Å². The van der Waals surface area contributed by atoms with Crippen molar-refractivity contribution in [3.05, 3.63) is 0 Å². The van der Waals surface area contributed by atoms with Gasteiger partial charge in [-0.3, -0.25) is 4.55 Å². The van der Waals surface area contributed by atoms with E-state index in [-0.39, 0.29) is 6.42 Å². The van der Waals surface area contributed by atoms with E-state index in [2.05, 4.69) is 0 Å². The minimum atomic E-state index is -4.71. The van der Waals surface area contributed by atoms with Crippen LogP contribution in [0.5, 0.6) is 0 Å². The standard InChI is InChI=1S/C4H6Cl4O3S/c1-2-3(5,6)4(7,8)12(9,10)11/h2H2,1H3,(H,9,10,11). The summed E-state index contributed by atoms with van der Waals surface area (Å²) in [4.78, 5) is 0. The first-order chi connectivity index (χ1) is 5.06. The van der Waals surface area contributed by atoms with Gasteiger partial charge in [0.25, 0.3) is 3.67 Å². The van der Waals surface area contributed by atoms with Crippen molar-refractivity contribution in [1.82, 2.24) is 0 Å². The van der Waals surface area contributed by atoms with E-state index in [9.17, 15) is 8.42 Å². The second-order valence-electron chi connectivity index (χ2n) is 2.05. The zero-order valence-electron chi connectivity index (χ0n) is 5.89. The summed E-state index contributed by atoms with van der Waals surface area (Å²) in [7, 11) is -4.71. The van der Waals surface area contributed by atoms with Crippen molar-refractivity contribution in [2.75, 3.05) is 0 Å². The summed E-state index contributed by atoms with van der Waals surface area (Å²) >= 11 is 21.5. The molecule has 12 heavy (non-hydrogen) atoms. The Bertz CT molecular complexity index is 257. The van der Waals surface area contributed by atoms with Crippen LogP contribution >= 0.6 is 46.4 Å². The highest BCUT2D eigenvalue weighted by molar-refractivity contribution is 7.90. The molecule has 1 N–H and O–H groups in total. The molecular formula is C4H6Cl4O3S. The minimum absolute atomic E-state index is 0.0249. The van der Waals surface area contributed by atoms with Crippen LogP contribution in [0.2, 0.25) is 0 Å². The van der Waals surface area contributed by atoms with Crippen molar-refractivity contribution >= 4 is 56.5 Å². The minimum Gasteiger partial charge on any atom is -0.283 e. The van der Waals surface area contributed by atoms with Crippen LogP contribution in [-0.2, 0) is 10.1 Å². The van der Waals surface area contributed by atoms with Gasteiger partial charge < -0.3 is 0 Å². The summed E-state index contributed by atoms with van der Waals surface area (Å²) in [6.07, 6.45) is -0.0249. The van der Waals surface area contributed by atoms with Gasteiger partial charge in [-0.25, -0.2) is 0 Å². The molecule has 0 rings (SSSR count). The maximum atomic E-state index is 10.6. The Kier molecular flexibility index (Phi) is 4.00. The lowest BCUT2D eigenvalue weighted by atomic mass is 10.3. The van der Waals surface area contributed by atoms with E-state index < -0.39 is 18.1 Å². The third kappa shape index (κ3) is 2.30. The average Bonchev–Trinajstić information content (AvgIpc) is 1.85. The second kappa shape index (κ2) is 3.67. The van der Waals surface area contributed by atoms with Crippen molar-refractivity contribution in [2.24, 2.45) is 0 Å². The summed E-state index contributed by atoms with van der Waals surface area (Å²) in [5, 5.41) is 0. The lowest BCUT2D eigenvalue weighted by molar-refractivity contribution is 0.467. The predicted molar refractivity (Wildman–Crippen MR) is 50.7 cm³/mol. The molecule has 3 nitrogen and oxygen atoms in total. The summed E-state index contributed by atoms with van der Waals surface area (Å²) < 4.78 is 25.2. The third-order valence-corrected chi connectivity index (χ3v) is 5.72. The molecule has 0 aliphatic heterocycles. The fourth-order valence-electron chi connectivity index (χ4n) is 0.394. The molecule has 0 saturated heterocycles. The molecule has 0 aliphatic rings. The van der Waals surface area contributed by atoms with E-state index in [4.69, 9.17) is 51.0 Å². The highest BCUT2D eigenvalue weighted by atomic mass is 35.5. The Morgan fingerprint density at radius 2 is 1.58 bits per heavy atom. The molecule has 0 aromatic carbocycles. The van der Waals surface area contributed by atoms with Crippen LogP contribution < -0.4 is 0 Å². The van der Waals surface area contributed by atoms with Crippen molar-refractivity contribution in [2.45, 2.75) is 21.3 Å². The molecule has 8 heteroatoms. The normalized spacial score (nSPS) is 14.8.